The first-order valence-corrected chi connectivity index (χ1v) is 19.4. The van der Waals surface area contributed by atoms with E-state index in [9.17, 15) is 0 Å². The van der Waals surface area contributed by atoms with E-state index in [0.29, 0.717) is 0 Å². The quantitative estimate of drug-likeness (QED) is 0.156. The van der Waals surface area contributed by atoms with Gasteiger partial charge in [-0.05, 0) is 140 Å². The van der Waals surface area contributed by atoms with Crippen molar-refractivity contribution >= 4 is 53.9 Å². The molecule has 0 saturated carbocycles. The van der Waals surface area contributed by atoms with Gasteiger partial charge in [0.25, 0.3) is 0 Å². The summed E-state index contributed by atoms with van der Waals surface area (Å²) in [5.41, 5.74) is 12.2. The largest absolute Gasteiger partial charge is 0.0622 e. The second-order valence-corrected chi connectivity index (χ2v) is 14.8. The van der Waals surface area contributed by atoms with Crippen LogP contribution in [0.25, 0.3) is 109 Å². The predicted molar refractivity (Wildman–Crippen MR) is 241 cm³/mol. The minimum absolute atomic E-state index is 1.20. The Bertz CT molecular complexity index is 3290. The van der Waals surface area contributed by atoms with E-state index in [4.69, 9.17) is 0 Å². The van der Waals surface area contributed by atoms with Gasteiger partial charge in [0.1, 0.15) is 0 Å². The lowest BCUT2D eigenvalue weighted by Crippen LogP contribution is -1.94. The number of hydrogen-bond donors (Lipinski definition) is 0. The molecule has 0 aliphatic rings. The van der Waals surface area contributed by atoms with Crippen LogP contribution in [0.4, 0.5) is 0 Å². The molecule has 11 rings (SSSR count). The molecule has 0 radical (unpaired) electrons. The lowest BCUT2D eigenvalue weighted by Gasteiger charge is -2.21. The van der Waals surface area contributed by atoms with Crippen LogP contribution in [0.3, 0.4) is 0 Å². The van der Waals surface area contributed by atoms with Gasteiger partial charge in [-0.3, -0.25) is 0 Å². The van der Waals surface area contributed by atoms with Crippen LogP contribution < -0.4 is 0 Å². The molecule has 0 fully saturated rings. The maximum atomic E-state index is 2.43. The van der Waals surface area contributed by atoms with Gasteiger partial charge in [0.2, 0.25) is 0 Å². The average Bonchev–Trinajstić information content (AvgIpc) is 3.27. The standard InChI is InChI=1S/C56H36/c1-2-14-37(15-3-1)43-30-31-53-54(36-43)55(51-24-10-11-25-52(51)56(53)50-27-13-21-40-18-7-9-23-48(40)50)46-34-44(42-29-28-38-16-4-5-19-41(38)32-42)33-45(35-46)49-26-12-20-39-17-6-8-22-47(39)49/h1-36H. The molecule has 0 bridgehead atoms. The molecule has 56 heavy (non-hydrogen) atoms. The Kier molecular flexibility index (Phi) is 7.60. The summed E-state index contributed by atoms with van der Waals surface area (Å²) in [4.78, 5) is 0. The molecule has 0 heteroatoms. The molecule has 0 spiro atoms. The molecule has 0 amide bonds. The van der Waals surface area contributed by atoms with Crippen molar-refractivity contribution in [2.45, 2.75) is 0 Å². The number of fused-ring (bicyclic) bond motifs is 5. The molecule has 11 aromatic carbocycles. The van der Waals surface area contributed by atoms with Crippen molar-refractivity contribution in [3.63, 3.8) is 0 Å². The highest BCUT2D eigenvalue weighted by molar-refractivity contribution is 6.24. The van der Waals surface area contributed by atoms with Gasteiger partial charge in [-0.1, -0.05) is 188 Å². The van der Waals surface area contributed by atoms with Gasteiger partial charge < -0.3 is 0 Å². The predicted octanol–water partition coefficient (Wildman–Crippen LogP) is 15.8. The highest BCUT2D eigenvalue weighted by atomic mass is 14.2. The molecule has 0 nitrogen and oxygen atoms in total. The van der Waals surface area contributed by atoms with Gasteiger partial charge in [0.15, 0.2) is 0 Å². The molecule has 0 saturated heterocycles. The van der Waals surface area contributed by atoms with Crippen molar-refractivity contribution in [1.82, 2.24) is 0 Å². The highest BCUT2D eigenvalue weighted by Crippen LogP contribution is 2.48. The van der Waals surface area contributed by atoms with E-state index in [2.05, 4.69) is 218 Å². The Morgan fingerprint density at radius 1 is 0.179 bits per heavy atom. The Labute approximate surface area is 326 Å². The van der Waals surface area contributed by atoms with Crippen LogP contribution in [0.5, 0.6) is 0 Å². The Morgan fingerprint density at radius 3 is 1.43 bits per heavy atom. The molecular formula is C56H36. The third kappa shape index (κ3) is 5.38. The summed E-state index contributed by atoms with van der Waals surface area (Å²) in [5.74, 6) is 0. The smallest absolute Gasteiger partial charge is 0.00201 e. The molecule has 260 valence electrons. The summed E-state index contributed by atoms with van der Waals surface area (Å²) in [7, 11) is 0. The van der Waals surface area contributed by atoms with Gasteiger partial charge in [-0.2, -0.15) is 0 Å². The van der Waals surface area contributed by atoms with Crippen LogP contribution >= 0.6 is 0 Å². The van der Waals surface area contributed by atoms with Crippen molar-refractivity contribution < 1.29 is 0 Å². The van der Waals surface area contributed by atoms with Crippen LogP contribution in [0.2, 0.25) is 0 Å². The summed E-state index contributed by atoms with van der Waals surface area (Å²) in [6.07, 6.45) is 0. The fraction of sp³-hybridized carbons (Fsp3) is 0. The maximum Gasteiger partial charge on any atom is -0.00201 e. The van der Waals surface area contributed by atoms with E-state index in [1.54, 1.807) is 0 Å². The van der Waals surface area contributed by atoms with Gasteiger partial charge in [0, 0.05) is 0 Å². The molecule has 0 aliphatic carbocycles. The lowest BCUT2D eigenvalue weighted by atomic mass is 9.82. The van der Waals surface area contributed by atoms with E-state index < -0.39 is 0 Å². The van der Waals surface area contributed by atoms with Gasteiger partial charge >= 0.3 is 0 Å². The van der Waals surface area contributed by atoms with Gasteiger partial charge in [-0.25, -0.2) is 0 Å². The van der Waals surface area contributed by atoms with E-state index in [0.717, 1.165) is 0 Å². The molecule has 0 N–H and O–H groups in total. The second-order valence-electron chi connectivity index (χ2n) is 14.8. The number of rotatable bonds is 5. The van der Waals surface area contributed by atoms with Crippen LogP contribution in [-0.2, 0) is 0 Å². The van der Waals surface area contributed by atoms with Crippen LogP contribution in [0.1, 0.15) is 0 Å². The molecule has 0 heterocycles. The first-order valence-electron chi connectivity index (χ1n) is 19.4. The first kappa shape index (κ1) is 32.2. The molecule has 0 aromatic heterocycles. The normalized spacial score (nSPS) is 11.6. The van der Waals surface area contributed by atoms with Crippen LogP contribution in [0.15, 0.2) is 218 Å². The lowest BCUT2D eigenvalue weighted by molar-refractivity contribution is 1.60. The topological polar surface area (TPSA) is 0 Å². The number of benzene rings is 11. The van der Waals surface area contributed by atoms with Crippen LogP contribution in [0, 0.1) is 0 Å². The summed E-state index contributed by atoms with van der Waals surface area (Å²) in [6, 6.07) is 80.6. The zero-order valence-corrected chi connectivity index (χ0v) is 30.8. The van der Waals surface area contributed by atoms with Crippen LogP contribution in [-0.4, -0.2) is 0 Å². The van der Waals surface area contributed by atoms with Crippen molar-refractivity contribution in [2.75, 3.05) is 0 Å². The van der Waals surface area contributed by atoms with Crippen molar-refractivity contribution in [3.05, 3.63) is 218 Å². The van der Waals surface area contributed by atoms with E-state index in [1.165, 1.54) is 109 Å². The van der Waals surface area contributed by atoms with Gasteiger partial charge in [0.05, 0.1) is 0 Å². The third-order valence-electron chi connectivity index (χ3n) is 11.6. The SMILES string of the molecule is c1ccc(-c2ccc3c(-c4cccc5ccccc45)c4ccccc4c(-c4cc(-c5ccc6ccccc6c5)cc(-c5cccc6ccccc56)c4)c3c2)cc1. The van der Waals surface area contributed by atoms with E-state index in [-0.39, 0.29) is 0 Å². The monoisotopic (exact) mass is 708 g/mol. The summed E-state index contributed by atoms with van der Waals surface area (Å²) in [5, 5.41) is 12.5. The zero-order valence-electron chi connectivity index (χ0n) is 30.8. The first-order chi connectivity index (χ1) is 27.8. The molecule has 0 unspecified atom stereocenters. The fourth-order valence-corrected chi connectivity index (χ4v) is 8.97. The molecule has 0 aliphatic heterocycles. The van der Waals surface area contributed by atoms with E-state index in [1.807, 2.05) is 0 Å². The number of hydrogen-bond acceptors (Lipinski definition) is 0. The second kappa shape index (κ2) is 13.2. The van der Waals surface area contributed by atoms with Gasteiger partial charge in [-0.15, -0.1) is 0 Å². The third-order valence-corrected chi connectivity index (χ3v) is 11.6. The zero-order chi connectivity index (χ0) is 37.0. The van der Waals surface area contributed by atoms with Crippen molar-refractivity contribution in [1.29, 1.82) is 0 Å². The minimum atomic E-state index is 1.20. The summed E-state index contributed by atoms with van der Waals surface area (Å²) < 4.78 is 0. The van der Waals surface area contributed by atoms with E-state index >= 15 is 0 Å². The Hall–Kier alpha value is -7.28. The summed E-state index contributed by atoms with van der Waals surface area (Å²) >= 11 is 0. The average molecular weight is 709 g/mol. The van der Waals surface area contributed by atoms with Crippen molar-refractivity contribution in [3.8, 4) is 55.6 Å². The Balaban J connectivity index is 1.28. The Morgan fingerprint density at radius 2 is 0.679 bits per heavy atom. The fourth-order valence-electron chi connectivity index (χ4n) is 8.97. The molecule has 0 atom stereocenters. The molecule has 11 aromatic rings. The van der Waals surface area contributed by atoms with Crippen molar-refractivity contribution in [2.24, 2.45) is 0 Å². The maximum absolute atomic E-state index is 2.43. The molecular weight excluding hydrogens is 673 g/mol. The minimum Gasteiger partial charge on any atom is -0.0622 e. The summed E-state index contributed by atoms with van der Waals surface area (Å²) in [6.45, 7) is 0. The highest BCUT2D eigenvalue weighted by Gasteiger charge is 2.20.